The number of nitrogens with one attached hydrogen (secondary N) is 1. The highest BCUT2D eigenvalue weighted by Crippen LogP contribution is 2.21. The second-order valence-corrected chi connectivity index (χ2v) is 4.00. The van der Waals surface area contributed by atoms with Gasteiger partial charge in [0.25, 0.3) is 0 Å². The summed E-state index contributed by atoms with van der Waals surface area (Å²) in [4.78, 5) is 0. The van der Waals surface area contributed by atoms with Crippen LogP contribution in [0.1, 0.15) is 13.8 Å². The molecule has 0 amide bonds. The maximum absolute atomic E-state index is 12.4. The van der Waals surface area contributed by atoms with E-state index in [1.807, 2.05) is 0 Å². The first-order valence-electron chi connectivity index (χ1n) is 5.50. The standard InChI is InChI=1S/C7H9FN2.C4H10O3P/c1-10-7-3-2-5(8)4-6(7)9;1-3-6-8(5)7-4-2/h2-4,10H,9H2,1H3;3-4H2,1-2H3/q;+1. The van der Waals surface area contributed by atoms with Crippen LogP contribution >= 0.6 is 8.25 Å². The lowest BCUT2D eigenvalue weighted by atomic mass is 10.2. The molecule has 0 fully saturated rings. The highest BCUT2D eigenvalue weighted by Gasteiger charge is 2.15. The monoisotopic (exact) mass is 277 g/mol. The number of benzene rings is 1. The molecule has 0 heterocycles. The number of nitrogens with two attached hydrogens (primary N) is 1. The zero-order chi connectivity index (χ0) is 14.0. The Kier molecular flexibility index (Phi) is 9.10. The van der Waals surface area contributed by atoms with Crippen molar-refractivity contribution >= 4 is 19.6 Å². The maximum Gasteiger partial charge on any atom is 0.697 e. The van der Waals surface area contributed by atoms with Gasteiger partial charge in [-0.05, 0) is 32.0 Å². The molecule has 0 radical (unpaired) electrons. The van der Waals surface area contributed by atoms with Crippen molar-refractivity contribution in [2.24, 2.45) is 0 Å². The first kappa shape index (κ1) is 16.8. The quantitative estimate of drug-likeness (QED) is 0.638. The Labute approximate surface area is 107 Å². The molecular weight excluding hydrogens is 258 g/mol. The van der Waals surface area contributed by atoms with E-state index in [-0.39, 0.29) is 5.82 Å². The van der Waals surface area contributed by atoms with Gasteiger partial charge >= 0.3 is 8.25 Å². The zero-order valence-corrected chi connectivity index (χ0v) is 11.7. The van der Waals surface area contributed by atoms with Gasteiger partial charge in [-0.2, -0.15) is 0 Å². The lowest BCUT2D eigenvalue weighted by Crippen LogP contribution is -1.95. The van der Waals surface area contributed by atoms with Crippen molar-refractivity contribution in [2.45, 2.75) is 13.8 Å². The van der Waals surface area contributed by atoms with Gasteiger partial charge in [-0.1, -0.05) is 0 Å². The van der Waals surface area contributed by atoms with Crippen LogP contribution in [-0.2, 0) is 13.6 Å². The molecule has 0 aliphatic rings. The van der Waals surface area contributed by atoms with E-state index in [1.54, 1.807) is 27.0 Å². The molecule has 18 heavy (non-hydrogen) atoms. The lowest BCUT2D eigenvalue weighted by molar-refractivity contribution is 0.243. The predicted molar refractivity (Wildman–Crippen MR) is 71.2 cm³/mol. The molecule has 7 heteroatoms. The van der Waals surface area contributed by atoms with Gasteiger partial charge in [-0.3, -0.25) is 0 Å². The van der Waals surface area contributed by atoms with E-state index in [0.717, 1.165) is 5.69 Å². The number of hydrogen-bond acceptors (Lipinski definition) is 5. The van der Waals surface area contributed by atoms with E-state index in [0.29, 0.717) is 18.9 Å². The molecule has 0 spiro atoms. The number of hydrogen-bond donors (Lipinski definition) is 2. The third kappa shape index (κ3) is 7.17. The van der Waals surface area contributed by atoms with Crippen LogP contribution in [0.3, 0.4) is 0 Å². The van der Waals surface area contributed by atoms with Gasteiger partial charge in [0.1, 0.15) is 19.0 Å². The summed E-state index contributed by atoms with van der Waals surface area (Å²) in [5, 5.41) is 2.83. The lowest BCUT2D eigenvalue weighted by Gasteiger charge is -2.02. The summed E-state index contributed by atoms with van der Waals surface area (Å²) in [7, 11) is -0.0911. The number of anilines is 2. The smallest absolute Gasteiger partial charge is 0.397 e. The van der Waals surface area contributed by atoms with E-state index in [4.69, 9.17) is 5.73 Å². The number of rotatable bonds is 5. The summed E-state index contributed by atoms with van der Waals surface area (Å²) in [6, 6.07) is 4.25. The van der Waals surface area contributed by atoms with Crippen LogP contribution in [0.2, 0.25) is 0 Å². The Bertz CT molecular complexity index is 369. The van der Waals surface area contributed by atoms with Crippen LogP contribution in [0.25, 0.3) is 0 Å². The maximum atomic E-state index is 12.4. The fourth-order valence-corrected chi connectivity index (χ4v) is 1.51. The highest BCUT2D eigenvalue weighted by molar-refractivity contribution is 7.33. The van der Waals surface area contributed by atoms with Gasteiger partial charge < -0.3 is 11.1 Å². The minimum Gasteiger partial charge on any atom is -0.397 e. The summed E-state index contributed by atoms with van der Waals surface area (Å²) in [6.07, 6.45) is 0. The minimum absolute atomic E-state index is 0.309. The molecule has 1 aromatic carbocycles. The van der Waals surface area contributed by atoms with Crippen LogP contribution < -0.4 is 11.1 Å². The third-order valence-electron chi connectivity index (χ3n) is 1.75. The van der Waals surface area contributed by atoms with Crippen LogP contribution in [0.4, 0.5) is 15.8 Å². The van der Waals surface area contributed by atoms with Gasteiger partial charge in [0.2, 0.25) is 0 Å². The first-order chi connectivity index (χ1) is 8.54. The fraction of sp³-hybridized carbons (Fsp3) is 0.455. The van der Waals surface area contributed by atoms with E-state index in [2.05, 4.69) is 14.4 Å². The third-order valence-corrected chi connectivity index (χ3v) is 2.69. The van der Waals surface area contributed by atoms with Crippen molar-refractivity contribution in [3.8, 4) is 0 Å². The minimum atomic E-state index is -1.83. The fourth-order valence-electron chi connectivity index (χ4n) is 1.01. The largest absolute Gasteiger partial charge is 0.697 e. The average Bonchev–Trinajstić information content (AvgIpc) is 2.30. The molecule has 0 saturated heterocycles. The van der Waals surface area contributed by atoms with E-state index >= 15 is 0 Å². The first-order valence-corrected chi connectivity index (χ1v) is 6.60. The molecule has 0 aromatic heterocycles. The molecule has 102 valence electrons. The zero-order valence-electron chi connectivity index (χ0n) is 10.8. The molecule has 5 nitrogen and oxygen atoms in total. The average molecular weight is 277 g/mol. The van der Waals surface area contributed by atoms with Crippen LogP contribution in [0.15, 0.2) is 18.2 Å². The topological polar surface area (TPSA) is 73.6 Å². The van der Waals surface area contributed by atoms with Crippen molar-refractivity contribution in [3.05, 3.63) is 24.0 Å². The van der Waals surface area contributed by atoms with Crippen molar-refractivity contribution in [3.63, 3.8) is 0 Å². The van der Waals surface area contributed by atoms with Crippen molar-refractivity contribution in [1.82, 2.24) is 0 Å². The molecule has 1 aromatic rings. The molecule has 0 bridgehead atoms. The van der Waals surface area contributed by atoms with Crippen LogP contribution in [0, 0.1) is 5.82 Å². The second-order valence-electron chi connectivity index (χ2n) is 3.04. The SMILES string of the molecule is CCO[P+](=O)OCC.CNc1ccc(F)cc1N. The molecule has 1 rings (SSSR count). The molecule has 3 N–H and O–H groups in total. The van der Waals surface area contributed by atoms with Gasteiger partial charge in [0.05, 0.1) is 11.4 Å². The van der Waals surface area contributed by atoms with Crippen molar-refractivity contribution in [2.75, 3.05) is 31.3 Å². The molecule has 0 aliphatic carbocycles. The van der Waals surface area contributed by atoms with Crippen molar-refractivity contribution < 1.29 is 18.0 Å². The van der Waals surface area contributed by atoms with E-state index in [9.17, 15) is 8.96 Å². The normalized spacial score (nSPS) is 9.33. The van der Waals surface area contributed by atoms with E-state index < -0.39 is 8.25 Å². The molecule has 0 atom stereocenters. The molecule has 0 saturated carbocycles. The summed E-state index contributed by atoms with van der Waals surface area (Å²) in [5.41, 5.74) is 6.61. The summed E-state index contributed by atoms with van der Waals surface area (Å²) in [6.45, 7) is 4.42. The summed E-state index contributed by atoms with van der Waals surface area (Å²) < 4.78 is 31.9. The van der Waals surface area contributed by atoms with Gasteiger partial charge in [-0.15, -0.1) is 9.05 Å². The Morgan fingerprint density at radius 3 is 2.28 bits per heavy atom. The number of halogens is 1. The summed E-state index contributed by atoms with van der Waals surface area (Å²) in [5.74, 6) is -0.309. The Hall–Kier alpha value is -1.23. The van der Waals surface area contributed by atoms with Gasteiger partial charge in [-0.25, -0.2) is 4.39 Å². The van der Waals surface area contributed by atoms with Gasteiger partial charge in [0.15, 0.2) is 0 Å². The van der Waals surface area contributed by atoms with Crippen LogP contribution in [-0.4, -0.2) is 20.3 Å². The Balaban J connectivity index is 0.000000331. The Morgan fingerprint density at radius 1 is 1.33 bits per heavy atom. The number of nitrogen functional groups attached to an aromatic ring is 1. The predicted octanol–water partition coefficient (Wildman–Crippen LogP) is 3.17. The van der Waals surface area contributed by atoms with Gasteiger partial charge in [0, 0.05) is 11.6 Å². The summed E-state index contributed by atoms with van der Waals surface area (Å²) >= 11 is 0. The van der Waals surface area contributed by atoms with E-state index in [1.165, 1.54) is 12.1 Å². The van der Waals surface area contributed by atoms with Crippen LogP contribution in [0.5, 0.6) is 0 Å². The second kappa shape index (κ2) is 9.76. The molecule has 0 unspecified atom stereocenters. The molecule has 0 aliphatic heterocycles. The highest BCUT2D eigenvalue weighted by atomic mass is 31.1. The van der Waals surface area contributed by atoms with Crippen molar-refractivity contribution in [1.29, 1.82) is 0 Å². The Morgan fingerprint density at radius 2 is 1.89 bits per heavy atom. The molecular formula is C11H19FN2O3P+.